The Balaban J connectivity index is 1.67. The van der Waals surface area contributed by atoms with Crippen molar-refractivity contribution >= 4 is 23.2 Å². The first-order valence-corrected chi connectivity index (χ1v) is 10.4. The Bertz CT molecular complexity index is 1010. The van der Waals surface area contributed by atoms with Gasteiger partial charge in [-0.2, -0.15) is 0 Å². The van der Waals surface area contributed by atoms with E-state index in [2.05, 4.69) is 11.9 Å². The van der Waals surface area contributed by atoms with Gasteiger partial charge in [0.1, 0.15) is 11.5 Å². The highest BCUT2D eigenvalue weighted by Gasteiger charge is 2.29. The van der Waals surface area contributed by atoms with Gasteiger partial charge in [-0.3, -0.25) is 4.79 Å². The molecule has 3 aromatic rings. The summed E-state index contributed by atoms with van der Waals surface area (Å²) < 4.78 is 16.6. The number of hydrogen-bond acceptors (Lipinski definition) is 2. The summed E-state index contributed by atoms with van der Waals surface area (Å²) in [5.41, 5.74) is 1.98. The van der Waals surface area contributed by atoms with Crippen molar-refractivity contribution in [2.45, 2.75) is 19.3 Å². The van der Waals surface area contributed by atoms with Crippen LogP contribution in [0, 0.1) is 5.82 Å². The quantitative estimate of drug-likeness (QED) is 0.695. The third-order valence-electron chi connectivity index (χ3n) is 5.84. The van der Waals surface area contributed by atoms with Crippen LogP contribution in [0.5, 0.6) is 0 Å². The van der Waals surface area contributed by atoms with Crippen molar-refractivity contribution < 1.29 is 14.1 Å². The summed E-state index contributed by atoms with van der Waals surface area (Å²) in [6.45, 7) is 6.63. The number of nitrogens with zero attached hydrogens (tertiary/aromatic N) is 3. The fraction of sp³-hybridized carbons (Fsp3) is 0.364. The predicted octanol–water partition coefficient (Wildman–Crippen LogP) is 2.40. The number of rotatable bonds is 5. The molecule has 7 heteroatoms. The van der Waals surface area contributed by atoms with Gasteiger partial charge in [-0.15, -0.1) is 0 Å². The van der Waals surface area contributed by atoms with Gasteiger partial charge < -0.3 is 14.2 Å². The molecule has 0 spiro atoms. The zero-order valence-electron chi connectivity index (χ0n) is 16.4. The number of fused-ring (bicyclic) bond motifs is 1. The summed E-state index contributed by atoms with van der Waals surface area (Å²) in [4.78, 5) is 21.0. The number of amides is 1. The van der Waals surface area contributed by atoms with Crippen molar-refractivity contribution in [3.63, 3.8) is 0 Å². The maximum absolute atomic E-state index is 14.7. The third kappa shape index (κ3) is 4.14. The van der Waals surface area contributed by atoms with Crippen molar-refractivity contribution in [2.24, 2.45) is 0 Å². The van der Waals surface area contributed by atoms with Crippen molar-refractivity contribution in [1.29, 1.82) is 0 Å². The number of likely N-dealkylation sites (N-methyl/N-ethyl adjacent to an activating group) is 1. The van der Waals surface area contributed by atoms with E-state index in [1.807, 2.05) is 15.4 Å². The lowest BCUT2D eigenvalue weighted by Crippen LogP contribution is -3.14. The molecule has 1 amide bonds. The zero-order valence-corrected chi connectivity index (χ0v) is 17.2. The second-order valence-corrected chi connectivity index (χ2v) is 7.96. The average molecular weight is 416 g/mol. The molecule has 1 N–H and O–H groups in total. The first-order chi connectivity index (χ1) is 14.1. The zero-order chi connectivity index (χ0) is 20.4. The molecule has 0 aliphatic carbocycles. The lowest BCUT2D eigenvalue weighted by molar-refractivity contribution is -0.902. The second-order valence-electron chi connectivity index (χ2n) is 7.52. The van der Waals surface area contributed by atoms with E-state index in [4.69, 9.17) is 11.6 Å². The van der Waals surface area contributed by atoms with Crippen LogP contribution in [0.4, 0.5) is 4.39 Å². The lowest BCUT2D eigenvalue weighted by Gasteiger charge is -2.32. The van der Waals surface area contributed by atoms with Crippen molar-refractivity contribution in [3.8, 4) is 0 Å². The van der Waals surface area contributed by atoms with E-state index < -0.39 is 5.92 Å². The molecule has 1 aliphatic heterocycles. The lowest BCUT2D eigenvalue weighted by atomic mass is 9.91. The maximum atomic E-state index is 14.7. The number of imidazole rings is 1. The van der Waals surface area contributed by atoms with Crippen LogP contribution in [0.1, 0.15) is 30.5 Å². The van der Waals surface area contributed by atoms with Gasteiger partial charge in [0.05, 0.1) is 43.4 Å². The molecule has 2 aromatic heterocycles. The van der Waals surface area contributed by atoms with E-state index in [1.165, 1.54) is 11.0 Å². The molecule has 1 fully saturated rings. The Morgan fingerprint density at radius 2 is 2.00 bits per heavy atom. The largest absolute Gasteiger partial charge is 0.332 e. The Hall–Kier alpha value is -2.44. The van der Waals surface area contributed by atoms with Crippen LogP contribution < -0.4 is 4.90 Å². The molecular weight excluding hydrogens is 391 g/mol. The normalized spacial score (nSPS) is 16.3. The van der Waals surface area contributed by atoms with Gasteiger partial charge >= 0.3 is 0 Å². The number of halogens is 2. The van der Waals surface area contributed by atoms with Gasteiger partial charge in [-0.1, -0.05) is 29.8 Å². The standard InChI is InChI=1S/C22H24ClFN4O/c1-2-26-9-11-27(12-10-26)22(29)13-18(17-5-3-4-6-19(17)24)20-14-25-21-8-7-16(23)15-28(20)21/h3-8,14-15,18H,2,9-13H2,1H3/p+1/t18-/m1/s1. The molecule has 5 nitrogen and oxygen atoms in total. The molecule has 29 heavy (non-hydrogen) atoms. The maximum Gasteiger partial charge on any atom is 0.223 e. The molecule has 4 rings (SSSR count). The molecule has 1 aromatic carbocycles. The monoisotopic (exact) mass is 415 g/mol. The Morgan fingerprint density at radius 1 is 1.24 bits per heavy atom. The van der Waals surface area contributed by atoms with Gasteiger partial charge in [0.25, 0.3) is 0 Å². The predicted molar refractivity (Wildman–Crippen MR) is 111 cm³/mol. The summed E-state index contributed by atoms with van der Waals surface area (Å²) in [5, 5.41) is 0.564. The average Bonchev–Trinajstić information content (AvgIpc) is 3.15. The Kier molecular flexibility index (Phi) is 5.83. The van der Waals surface area contributed by atoms with Crippen LogP contribution in [-0.2, 0) is 4.79 Å². The van der Waals surface area contributed by atoms with Crippen LogP contribution >= 0.6 is 11.6 Å². The number of carbonyl (C=O) groups is 1. The van der Waals surface area contributed by atoms with Crippen LogP contribution in [0.25, 0.3) is 5.65 Å². The van der Waals surface area contributed by atoms with Gasteiger partial charge in [0, 0.05) is 24.7 Å². The molecule has 1 atom stereocenters. The number of quaternary nitrogens is 1. The van der Waals surface area contributed by atoms with E-state index in [0.29, 0.717) is 10.6 Å². The fourth-order valence-electron chi connectivity index (χ4n) is 4.09. The highest BCUT2D eigenvalue weighted by Crippen LogP contribution is 2.31. The van der Waals surface area contributed by atoms with Crippen LogP contribution in [0.2, 0.25) is 5.02 Å². The molecule has 0 bridgehead atoms. The van der Waals surface area contributed by atoms with E-state index in [-0.39, 0.29) is 18.1 Å². The Labute approximate surface area is 174 Å². The number of benzene rings is 1. The molecule has 0 radical (unpaired) electrons. The second kappa shape index (κ2) is 8.51. The Morgan fingerprint density at radius 3 is 2.72 bits per heavy atom. The summed E-state index contributed by atoms with van der Waals surface area (Å²) in [6, 6.07) is 10.2. The van der Waals surface area contributed by atoms with Gasteiger partial charge in [-0.05, 0) is 30.7 Å². The molecular formula is C22H25ClFN4O+. The highest BCUT2D eigenvalue weighted by molar-refractivity contribution is 6.30. The van der Waals surface area contributed by atoms with Gasteiger partial charge in [0.15, 0.2) is 0 Å². The summed E-state index contributed by atoms with van der Waals surface area (Å²) in [7, 11) is 0. The number of piperazine rings is 1. The summed E-state index contributed by atoms with van der Waals surface area (Å²) >= 11 is 6.18. The SMILES string of the molecule is CC[NH+]1CCN(C(=O)C[C@H](c2ccccc2F)c2cnc3ccc(Cl)cn23)CC1. The minimum Gasteiger partial charge on any atom is -0.332 e. The van der Waals surface area contributed by atoms with E-state index >= 15 is 0 Å². The number of aromatic nitrogens is 2. The van der Waals surface area contributed by atoms with Crippen LogP contribution in [-0.4, -0.2) is 52.9 Å². The van der Waals surface area contributed by atoms with Crippen molar-refractivity contribution in [1.82, 2.24) is 14.3 Å². The third-order valence-corrected chi connectivity index (χ3v) is 6.06. The first kappa shape index (κ1) is 19.9. The van der Waals surface area contributed by atoms with Crippen LogP contribution in [0.15, 0.2) is 48.8 Å². The summed E-state index contributed by atoms with van der Waals surface area (Å²) in [6.07, 6.45) is 3.68. The molecule has 0 unspecified atom stereocenters. The van der Waals surface area contributed by atoms with E-state index in [0.717, 1.165) is 44.1 Å². The van der Waals surface area contributed by atoms with Crippen molar-refractivity contribution in [3.05, 3.63) is 70.9 Å². The molecule has 152 valence electrons. The van der Waals surface area contributed by atoms with E-state index in [1.54, 1.807) is 36.7 Å². The summed E-state index contributed by atoms with van der Waals surface area (Å²) in [5.74, 6) is -0.707. The number of carbonyl (C=O) groups excluding carboxylic acids is 1. The molecule has 0 saturated carbocycles. The highest BCUT2D eigenvalue weighted by atomic mass is 35.5. The fourth-order valence-corrected chi connectivity index (χ4v) is 4.25. The smallest absolute Gasteiger partial charge is 0.223 e. The first-order valence-electron chi connectivity index (χ1n) is 10.0. The molecule has 1 saturated heterocycles. The van der Waals surface area contributed by atoms with Crippen molar-refractivity contribution in [2.75, 3.05) is 32.7 Å². The topological polar surface area (TPSA) is 42.0 Å². The van der Waals surface area contributed by atoms with E-state index in [9.17, 15) is 9.18 Å². The van der Waals surface area contributed by atoms with Crippen LogP contribution in [0.3, 0.4) is 0 Å². The minimum absolute atomic E-state index is 0.0467. The number of nitrogens with one attached hydrogen (secondary N) is 1. The molecule has 1 aliphatic rings. The number of hydrogen-bond donors (Lipinski definition) is 1. The minimum atomic E-state index is -0.436. The van der Waals surface area contributed by atoms with Gasteiger partial charge in [0.2, 0.25) is 5.91 Å². The molecule has 3 heterocycles. The number of pyridine rings is 1. The van der Waals surface area contributed by atoms with Gasteiger partial charge in [-0.25, -0.2) is 9.37 Å².